The summed E-state index contributed by atoms with van der Waals surface area (Å²) in [5.41, 5.74) is 1.67. The van der Waals surface area contributed by atoms with Crippen molar-refractivity contribution in [3.63, 3.8) is 0 Å². The molecule has 0 saturated carbocycles. The van der Waals surface area contributed by atoms with Gasteiger partial charge in [-0.05, 0) is 30.7 Å². The number of alkyl halides is 1. The van der Waals surface area contributed by atoms with Crippen LogP contribution in [0.15, 0.2) is 60.9 Å². The number of fused-ring (bicyclic) bond motifs is 1. The Kier molecular flexibility index (Phi) is 5.08. The summed E-state index contributed by atoms with van der Waals surface area (Å²) >= 11 is 0. The highest BCUT2D eigenvalue weighted by Gasteiger charge is 2.30. The van der Waals surface area contributed by atoms with Crippen LogP contribution in [0, 0.1) is 5.82 Å². The molecule has 0 bridgehead atoms. The number of hydrogen-bond donors (Lipinski definition) is 0. The number of aromatic nitrogens is 2. The normalized spacial score (nSPS) is 19.1. The molecule has 0 radical (unpaired) electrons. The lowest BCUT2D eigenvalue weighted by Crippen LogP contribution is -2.30. The maximum absolute atomic E-state index is 14.3. The van der Waals surface area contributed by atoms with E-state index in [4.69, 9.17) is 0 Å². The molecule has 3 heterocycles. The van der Waals surface area contributed by atoms with E-state index in [1.54, 1.807) is 35.4 Å². The molecule has 2 fully saturated rings. The average molecular weight is 437 g/mol. The van der Waals surface area contributed by atoms with Crippen LogP contribution in [-0.4, -0.2) is 63.9 Å². The van der Waals surface area contributed by atoms with Gasteiger partial charge < -0.3 is 4.90 Å². The summed E-state index contributed by atoms with van der Waals surface area (Å²) in [5, 5.41) is 5.06. The third-order valence-corrected chi connectivity index (χ3v) is 5.84. The maximum Gasteiger partial charge on any atom is 0.328 e. The van der Waals surface area contributed by atoms with E-state index in [2.05, 4.69) is 5.10 Å². The van der Waals surface area contributed by atoms with Gasteiger partial charge in [0.1, 0.15) is 17.7 Å². The first-order valence-corrected chi connectivity index (χ1v) is 10.4. The van der Waals surface area contributed by atoms with E-state index in [1.807, 2.05) is 12.1 Å². The Bertz CT molecular complexity index is 1220. The van der Waals surface area contributed by atoms with Crippen LogP contribution in [0.5, 0.6) is 0 Å². The van der Waals surface area contributed by atoms with Gasteiger partial charge in [0.05, 0.1) is 23.9 Å². The maximum atomic E-state index is 14.3. The predicted molar refractivity (Wildman–Crippen MR) is 116 cm³/mol. The minimum Gasteiger partial charge on any atom is -0.336 e. The van der Waals surface area contributed by atoms with Crippen LogP contribution in [-0.2, 0) is 4.79 Å². The van der Waals surface area contributed by atoms with Crippen molar-refractivity contribution in [3.8, 4) is 5.69 Å². The highest BCUT2D eigenvalue weighted by molar-refractivity contribution is 6.04. The number of nitrogens with zero attached hydrogens (tertiary/aromatic N) is 5. The van der Waals surface area contributed by atoms with Crippen LogP contribution in [0.2, 0.25) is 0 Å². The Labute approximate surface area is 183 Å². The molecule has 2 aliphatic rings. The zero-order chi connectivity index (χ0) is 22.2. The van der Waals surface area contributed by atoms with Crippen molar-refractivity contribution >= 4 is 28.5 Å². The van der Waals surface area contributed by atoms with Gasteiger partial charge in [-0.1, -0.05) is 18.2 Å². The van der Waals surface area contributed by atoms with E-state index in [9.17, 15) is 18.4 Å². The van der Waals surface area contributed by atoms with Crippen LogP contribution in [0.4, 0.5) is 19.3 Å². The highest BCUT2D eigenvalue weighted by Crippen LogP contribution is 2.31. The zero-order valence-corrected chi connectivity index (χ0v) is 17.2. The summed E-state index contributed by atoms with van der Waals surface area (Å²) in [6.07, 6.45) is 3.75. The van der Waals surface area contributed by atoms with Crippen LogP contribution in [0.25, 0.3) is 16.6 Å². The quantitative estimate of drug-likeness (QED) is 0.587. The minimum absolute atomic E-state index is 0.0945. The van der Waals surface area contributed by atoms with Gasteiger partial charge in [-0.25, -0.2) is 18.3 Å². The molecule has 0 spiro atoms. The smallest absolute Gasteiger partial charge is 0.328 e. The number of likely N-dealkylation sites (tertiary alicyclic amines) is 1. The fourth-order valence-corrected chi connectivity index (χ4v) is 4.18. The number of rotatable bonds is 4. The van der Waals surface area contributed by atoms with E-state index < -0.39 is 12.0 Å². The van der Waals surface area contributed by atoms with Crippen molar-refractivity contribution in [2.45, 2.75) is 12.6 Å². The standard InChI is InChI=1S/C23H21F2N5O2/c24-16-8-10-28(15-16)22(31)9-11-27-12-13-29(23(27)32)19-6-3-7-20-17(19)14-26-30(20)21-5-2-1-4-18(21)25/h1-7,9,11,14,16H,8,10,12-13,15H2/t16-/m0/s1. The molecule has 1 atom stereocenters. The van der Waals surface area contributed by atoms with Crippen LogP contribution in [0.1, 0.15) is 6.42 Å². The monoisotopic (exact) mass is 437 g/mol. The van der Waals surface area contributed by atoms with Crippen molar-refractivity contribution in [1.82, 2.24) is 19.6 Å². The lowest BCUT2D eigenvalue weighted by atomic mass is 10.2. The van der Waals surface area contributed by atoms with Crippen LogP contribution in [0.3, 0.4) is 0 Å². The predicted octanol–water partition coefficient (Wildman–Crippen LogP) is 3.49. The average Bonchev–Trinajstić information content (AvgIpc) is 3.51. The number of amides is 3. The second-order valence-electron chi connectivity index (χ2n) is 7.83. The first-order chi connectivity index (χ1) is 15.5. The lowest BCUT2D eigenvalue weighted by molar-refractivity contribution is -0.125. The largest absolute Gasteiger partial charge is 0.336 e. The van der Waals surface area contributed by atoms with E-state index in [-0.39, 0.29) is 18.5 Å². The van der Waals surface area contributed by atoms with Gasteiger partial charge in [0.25, 0.3) is 0 Å². The third kappa shape index (κ3) is 3.49. The number of hydrogen-bond acceptors (Lipinski definition) is 3. The number of anilines is 1. The molecule has 2 saturated heterocycles. The zero-order valence-electron chi connectivity index (χ0n) is 17.2. The van der Waals surface area contributed by atoms with E-state index in [1.165, 1.54) is 32.8 Å². The molecule has 1 aromatic heterocycles. The molecule has 32 heavy (non-hydrogen) atoms. The number of urea groups is 1. The van der Waals surface area contributed by atoms with Gasteiger partial charge in [-0.2, -0.15) is 5.10 Å². The molecule has 0 N–H and O–H groups in total. The lowest BCUT2D eigenvalue weighted by Gasteiger charge is -2.18. The van der Waals surface area contributed by atoms with Gasteiger partial charge in [0, 0.05) is 37.3 Å². The summed E-state index contributed by atoms with van der Waals surface area (Å²) in [5.74, 6) is -0.692. The summed E-state index contributed by atoms with van der Waals surface area (Å²) < 4.78 is 29.1. The fourth-order valence-electron chi connectivity index (χ4n) is 4.18. The van der Waals surface area contributed by atoms with E-state index in [0.29, 0.717) is 42.9 Å². The van der Waals surface area contributed by atoms with Crippen molar-refractivity contribution in [3.05, 3.63) is 66.8 Å². The Morgan fingerprint density at radius 2 is 1.88 bits per heavy atom. The Morgan fingerprint density at radius 1 is 1.06 bits per heavy atom. The van der Waals surface area contributed by atoms with Crippen molar-refractivity contribution < 1.29 is 18.4 Å². The molecular formula is C23H21F2N5O2. The first-order valence-electron chi connectivity index (χ1n) is 10.4. The number of carbonyl (C=O) groups excluding carboxylic acids is 2. The summed E-state index contributed by atoms with van der Waals surface area (Å²) in [4.78, 5) is 29.7. The molecule has 9 heteroatoms. The molecule has 0 aliphatic carbocycles. The molecule has 164 valence electrons. The van der Waals surface area contributed by atoms with Crippen molar-refractivity contribution in [2.24, 2.45) is 0 Å². The van der Waals surface area contributed by atoms with Crippen LogP contribution < -0.4 is 4.90 Å². The van der Waals surface area contributed by atoms with Crippen molar-refractivity contribution in [2.75, 3.05) is 31.1 Å². The second-order valence-corrected chi connectivity index (χ2v) is 7.83. The van der Waals surface area contributed by atoms with Gasteiger partial charge in [-0.3, -0.25) is 14.6 Å². The highest BCUT2D eigenvalue weighted by atomic mass is 19.1. The van der Waals surface area contributed by atoms with Gasteiger partial charge in [0.2, 0.25) is 5.91 Å². The first kappa shape index (κ1) is 20.2. The summed E-state index contributed by atoms with van der Waals surface area (Å²) in [6, 6.07) is 11.5. The molecule has 3 amide bonds. The second kappa shape index (κ2) is 8.07. The Balaban J connectivity index is 1.38. The molecular weight excluding hydrogens is 416 g/mol. The molecule has 2 aromatic carbocycles. The number of para-hydroxylation sites is 1. The molecule has 5 rings (SSSR count). The Morgan fingerprint density at radius 3 is 2.66 bits per heavy atom. The van der Waals surface area contributed by atoms with E-state index in [0.717, 1.165) is 5.39 Å². The SMILES string of the molecule is O=C(C=CN1CCN(c2cccc3c2cnn3-c2ccccc2F)C1=O)N1CC[C@H](F)C1. The molecule has 3 aromatic rings. The molecule has 0 unspecified atom stereocenters. The fraction of sp³-hybridized carbons (Fsp3) is 0.261. The van der Waals surface area contributed by atoms with Crippen molar-refractivity contribution in [1.29, 1.82) is 0 Å². The summed E-state index contributed by atoms with van der Waals surface area (Å²) in [6.45, 7) is 1.32. The molecule has 7 nitrogen and oxygen atoms in total. The minimum atomic E-state index is -0.984. The molecule has 2 aliphatic heterocycles. The van der Waals surface area contributed by atoms with E-state index >= 15 is 0 Å². The number of halogens is 2. The Hall–Kier alpha value is -3.75. The summed E-state index contributed by atoms with van der Waals surface area (Å²) in [7, 11) is 0. The van der Waals surface area contributed by atoms with Gasteiger partial charge >= 0.3 is 6.03 Å². The topological polar surface area (TPSA) is 61.7 Å². The van der Waals surface area contributed by atoms with Crippen LogP contribution >= 0.6 is 0 Å². The van der Waals surface area contributed by atoms with Gasteiger partial charge in [0.15, 0.2) is 0 Å². The number of benzene rings is 2. The number of carbonyl (C=O) groups is 2. The third-order valence-electron chi connectivity index (χ3n) is 5.84. The van der Waals surface area contributed by atoms with Gasteiger partial charge in [-0.15, -0.1) is 0 Å².